The zero-order valence-corrected chi connectivity index (χ0v) is 10.2. The summed E-state index contributed by atoms with van der Waals surface area (Å²) in [6, 6.07) is 0. The van der Waals surface area contributed by atoms with Crippen LogP contribution in [-0.4, -0.2) is 61.7 Å². The first-order chi connectivity index (χ1) is 10.8. The minimum Gasteiger partial charge on any atom is -0.394 e. The summed E-state index contributed by atoms with van der Waals surface area (Å²) in [7, 11) is -2.74. The van der Waals surface area contributed by atoms with Crippen molar-refractivity contribution in [2.75, 3.05) is 19.4 Å². The van der Waals surface area contributed by atoms with Crippen LogP contribution < -0.4 is 5.73 Å². The van der Waals surface area contributed by atoms with Gasteiger partial charge in [-0.05, 0) is 0 Å². The van der Waals surface area contributed by atoms with Gasteiger partial charge in [-0.3, -0.25) is 4.57 Å². The second kappa shape index (κ2) is 4.94. The summed E-state index contributed by atoms with van der Waals surface area (Å²) in [4.78, 5) is 11.9. The molecular weight excluding hydrogens is 266 g/mol. The number of rotatable bonds is 3. The van der Waals surface area contributed by atoms with Crippen LogP contribution in [0.2, 0.25) is 0 Å². The van der Waals surface area contributed by atoms with E-state index >= 15 is 0 Å². The molecule has 0 amide bonds. The molecule has 3 rings (SSSR count). The van der Waals surface area contributed by atoms with Crippen molar-refractivity contribution in [1.29, 1.82) is 0 Å². The minimum absolute atomic E-state index is 0.162. The predicted octanol–water partition coefficient (Wildman–Crippen LogP) is -1.33. The quantitative estimate of drug-likeness (QED) is 0.632. The predicted molar refractivity (Wildman–Crippen MR) is 67.5 cm³/mol. The number of aliphatic hydroxyl groups is 2. The SMILES string of the molecule is [2H]C([2H])([2H])O[C@H]1[C@@H](O)[C@H](n2cnc3c(N)ncnc32)O[C@@H]1CO. The average molecular weight is 284 g/mol. The molecule has 0 bridgehead atoms. The number of imidazole rings is 1. The van der Waals surface area contributed by atoms with Crippen LogP contribution in [0.3, 0.4) is 0 Å². The van der Waals surface area contributed by atoms with Crippen LogP contribution in [0.15, 0.2) is 12.7 Å². The number of aromatic nitrogens is 4. The van der Waals surface area contributed by atoms with Crippen LogP contribution in [0.25, 0.3) is 11.2 Å². The number of aliphatic hydroxyl groups excluding tert-OH is 2. The molecule has 0 saturated carbocycles. The van der Waals surface area contributed by atoms with Gasteiger partial charge in [0.2, 0.25) is 0 Å². The van der Waals surface area contributed by atoms with Crippen molar-refractivity contribution in [3.63, 3.8) is 0 Å². The van der Waals surface area contributed by atoms with Crippen molar-refractivity contribution in [2.24, 2.45) is 0 Å². The third-order valence-corrected chi connectivity index (χ3v) is 3.29. The molecule has 1 saturated heterocycles. The summed E-state index contributed by atoms with van der Waals surface area (Å²) in [5.41, 5.74) is 6.33. The Kier molecular flexibility index (Phi) is 2.47. The fourth-order valence-electron chi connectivity index (χ4n) is 2.30. The van der Waals surface area contributed by atoms with Gasteiger partial charge in [0.25, 0.3) is 0 Å². The van der Waals surface area contributed by atoms with Gasteiger partial charge in [0.15, 0.2) is 17.7 Å². The fourth-order valence-corrected chi connectivity index (χ4v) is 2.30. The highest BCUT2D eigenvalue weighted by molar-refractivity contribution is 5.81. The normalized spacial score (nSPS) is 33.0. The van der Waals surface area contributed by atoms with Crippen molar-refractivity contribution in [1.82, 2.24) is 19.5 Å². The smallest absolute Gasteiger partial charge is 0.167 e. The number of nitrogen functional groups attached to an aromatic ring is 1. The number of anilines is 1. The molecule has 0 unspecified atom stereocenters. The van der Waals surface area contributed by atoms with Crippen LogP contribution in [0.1, 0.15) is 10.3 Å². The van der Waals surface area contributed by atoms with Crippen molar-refractivity contribution in [2.45, 2.75) is 24.5 Å². The largest absolute Gasteiger partial charge is 0.394 e. The van der Waals surface area contributed by atoms with Gasteiger partial charge in [-0.25, -0.2) is 15.0 Å². The van der Waals surface area contributed by atoms with Crippen molar-refractivity contribution in [3.05, 3.63) is 12.7 Å². The van der Waals surface area contributed by atoms with E-state index < -0.39 is 38.2 Å². The zero-order chi connectivity index (χ0) is 16.8. The lowest BCUT2D eigenvalue weighted by Crippen LogP contribution is -2.35. The summed E-state index contributed by atoms with van der Waals surface area (Å²) in [6.45, 7) is -0.516. The standard InChI is InChI=1S/C11H15N5O4/c1-19-8-5(2-17)20-11(7(8)18)16-4-15-6-9(12)13-3-14-10(6)16/h3-5,7-8,11,17-18H,2H2,1H3,(H2,12,13,14)/t5-,7-,8-,11-/m1/s1/i1D3. The fraction of sp³-hybridized carbons (Fsp3) is 0.545. The average Bonchev–Trinajstić information content (AvgIpc) is 3.01. The molecule has 0 aromatic carbocycles. The first kappa shape index (κ1) is 10.00. The summed E-state index contributed by atoms with van der Waals surface area (Å²) < 4.78 is 33.2. The van der Waals surface area contributed by atoms with Gasteiger partial charge in [-0.1, -0.05) is 0 Å². The van der Waals surface area contributed by atoms with E-state index in [-0.39, 0.29) is 5.82 Å². The lowest BCUT2D eigenvalue weighted by Gasteiger charge is -2.17. The van der Waals surface area contributed by atoms with E-state index in [9.17, 15) is 10.2 Å². The van der Waals surface area contributed by atoms with Gasteiger partial charge < -0.3 is 25.4 Å². The van der Waals surface area contributed by atoms with E-state index in [0.717, 1.165) is 0 Å². The molecule has 0 aliphatic carbocycles. The van der Waals surface area contributed by atoms with E-state index in [2.05, 4.69) is 15.0 Å². The third kappa shape index (κ3) is 1.83. The molecule has 108 valence electrons. The molecule has 20 heavy (non-hydrogen) atoms. The van der Waals surface area contributed by atoms with E-state index in [1.54, 1.807) is 0 Å². The number of ether oxygens (including phenoxy) is 2. The lowest BCUT2D eigenvalue weighted by molar-refractivity contribution is -0.0535. The minimum atomic E-state index is -2.74. The molecule has 3 heterocycles. The Bertz CT molecular complexity index is 709. The summed E-state index contributed by atoms with van der Waals surface area (Å²) in [6.07, 6.45) is -2.03. The maximum absolute atomic E-state index is 10.4. The van der Waals surface area contributed by atoms with Gasteiger partial charge in [-0.15, -0.1) is 0 Å². The number of methoxy groups -OCH3 is 1. The molecule has 0 spiro atoms. The summed E-state index contributed by atoms with van der Waals surface area (Å²) >= 11 is 0. The van der Waals surface area contributed by atoms with Gasteiger partial charge in [0.1, 0.15) is 30.2 Å². The molecule has 1 aliphatic heterocycles. The second-order valence-corrected chi connectivity index (χ2v) is 4.40. The summed E-state index contributed by atoms with van der Waals surface area (Å²) in [5.74, 6) is 0.162. The Morgan fingerprint density at radius 3 is 3.15 bits per heavy atom. The van der Waals surface area contributed by atoms with Crippen LogP contribution >= 0.6 is 0 Å². The van der Waals surface area contributed by atoms with Crippen LogP contribution in [0.4, 0.5) is 5.82 Å². The van der Waals surface area contributed by atoms with Crippen molar-refractivity contribution < 1.29 is 23.8 Å². The van der Waals surface area contributed by atoms with Crippen LogP contribution in [0, 0.1) is 0 Å². The Morgan fingerprint density at radius 2 is 2.40 bits per heavy atom. The second-order valence-electron chi connectivity index (χ2n) is 4.40. The van der Waals surface area contributed by atoms with Crippen molar-refractivity contribution >= 4 is 17.0 Å². The topological polar surface area (TPSA) is 129 Å². The molecule has 9 heteroatoms. The Balaban J connectivity index is 1.95. The molecule has 2 aromatic rings. The monoisotopic (exact) mass is 284 g/mol. The number of nitrogens with zero attached hydrogens (tertiary/aromatic N) is 4. The first-order valence-corrected chi connectivity index (χ1v) is 5.87. The van der Waals surface area contributed by atoms with Crippen LogP contribution in [-0.2, 0) is 9.47 Å². The number of nitrogens with two attached hydrogens (primary N) is 1. The maximum Gasteiger partial charge on any atom is 0.167 e. The molecule has 2 aromatic heterocycles. The van der Waals surface area contributed by atoms with Gasteiger partial charge >= 0.3 is 0 Å². The maximum atomic E-state index is 10.4. The van der Waals surface area contributed by atoms with Gasteiger partial charge in [0, 0.05) is 7.04 Å². The Morgan fingerprint density at radius 1 is 1.55 bits per heavy atom. The molecule has 4 N–H and O–H groups in total. The molecule has 1 aliphatic rings. The van der Waals surface area contributed by atoms with E-state index in [4.69, 9.17) is 19.3 Å². The highest BCUT2D eigenvalue weighted by atomic mass is 16.6. The molecule has 0 radical (unpaired) electrons. The highest BCUT2D eigenvalue weighted by Crippen LogP contribution is 2.32. The number of hydrogen-bond acceptors (Lipinski definition) is 8. The Hall–Kier alpha value is -1.81. The van der Waals surface area contributed by atoms with E-state index in [0.29, 0.717) is 11.2 Å². The van der Waals surface area contributed by atoms with Crippen molar-refractivity contribution in [3.8, 4) is 0 Å². The Labute approximate surface area is 118 Å². The summed E-state index contributed by atoms with van der Waals surface area (Å²) in [5, 5.41) is 19.7. The van der Waals surface area contributed by atoms with Gasteiger partial charge in [0.05, 0.1) is 17.0 Å². The molecule has 9 nitrogen and oxygen atoms in total. The highest BCUT2D eigenvalue weighted by Gasteiger charge is 2.45. The third-order valence-electron chi connectivity index (χ3n) is 3.29. The van der Waals surface area contributed by atoms with E-state index in [1.807, 2.05) is 0 Å². The lowest BCUT2D eigenvalue weighted by atomic mass is 10.1. The van der Waals surface area contributed by atoms with E-state index in [1.165, 1.54) is 17.2 Å². The molecular formula is C11H15N5O4. The number of fused-ring (bicyclic) bond motifs is 1. The molecule has 1 fully saturated rings. The number of hydrogen-bond donors (Lipinski definition) is 3. The van der Waals surface area contributed by atoms with Crippen LogP contribution in [0.5, 0.6) is 0 Å². The first-order valence-electron chi connectivity index (χ1n) is 7.37. The van der Waals surface area contributed by atoms with Gasteiger partial charge in [-0.2, -0.15) is 0 Å². The molecule has 4 atom stereocenters. The zero-order valence-electron chi connectivity index (χ0n) is 13.2.